The van der Waals surface area contributed by atoms with Crippen molar-refractivity contribution in [2.45, 2.75) is 83.1 Å². The lowest BCUT2D eigenvalue weighted by atomic mass is 9.98. The number of nitrogens with one attached hydrogen (secondary N) is 1. The summed E-state index contributed by atoms with van der Waals surface area (Å²) in [4.78, 5) is 0. The second-order valence-electron chi connectivity index (χ2n) is 5.36. The van der Waals surface area contributed by atoms with E-state index in [0.29, 0.717) is 0 Å². The van der Waals surface area contributed by atoms with Crippen LogP contribution in [0.25, 0.3) is 0 Å². The Bertz CT molecular complexity index is 192. The maximum atomic E-state index is 5.29. The number of hydrogen-bond acceptors (Lipinski definition) is 1. The smallest absolute Gasteiger partial charge is 0.0211 e. The maximum Gasteiger partial charge on any atom is 0.0211 e. The van der Waals surface area contributed by atoms with Crippen molar-refractivity contribution in [3.63, 3.8) is 0 Å². The van der Waals surface area contributed by atoms with Crippen molar-refractivity contribution in [2.75, 3.05) is 6.54 Å². The van der Waals surface area contributed by atoms with Crippen LogP contribution in [0, 0.1) is 12.3 Å². The van der Waals surface area contributed by atoms with E-state index >= 15 is 0 Å². The summed E-state index contributed by atoms with van der Waals surface area (Å²) >= 11 is 0. The molecule has 0 unspecified atom stereocenters. The second-order valence-corrected chi connectivity index (χ2v) is 5.36. The zero-order chi connectivity index (χ0) is 12.2. The van der Waals surface area contributed by atoms with Gasteiger partial charge in [-0.05, 0) is 12.8 Å². The summed E-state index contributed by atoms with van der Waals surface area (Å²) in [5.41, 5.74) is 0. The van der Waals surface area contributed by atoms with Crippen LogP contribution in [0.5, 0.6) is 0 Å². The molecule has 0 bridgehead atoms. The van der Waals surface area contributed by atoms with E-state index in [2.05, 4.69) is 11.2 Å². The van der Waals surface area contributed by atoms with Crippen LogP contribution in [0.15, 0.2) is 0 Å². The lowest BCUT2D eigenvalue weighted by molar-refractivity contribution is 0.407. The zero-order valence-corrected chi connectivity index (χ0v) is 11.3. The molecule has 0 saturated heterocycles. The molecule has 0 aromatic heterocycles. The molecular weight excluding hydrogens is 206 g/mol. The highest BCUT2D eigenvalue weighted by molar-refractivity contribution is 4.84. The van der Waals surface area contributed by atoms with Gasteiger partial charge in [0.25, 0.3) is 0 Å². The molecule has 1 fully saturated rings. The van der Waals surface area contributed by atoms with E-state index < -0.39 is 0 Å². The van der Waals surface area contributed by atoms with Gasteiger partial charge in [-0.25, -0.2) is 0 Å². The van der Waals surface area contributed by atoms with Crippen molar-refractivity contribution in [3.05, 3.63) is 0 Å². The molecule has 1 aliphatic carbocycles. The molecule has 0 aromatic carbocycles. The van der Waals surface area contributed by atoms with Gasteiger partial charge in [0.1, 0.15) is 0 Å². The highest BCUT2D eigenvalue weighted by Crippen LogP contribution is 2.16. The predicted octanol–water partition coefficient (Wildman–Crippen LogP) is 4.27. The van der Waals surface area contributed by atoms with Gasteiger partial charge in [0.05, 0.1) is 0 Å². The van der Waals surface area contributed by atoms with Crippen molar-refractivity contribution in [2.24, 2.45) is 0 Å². The summed E-state index contributed by atoms with van der Waals surface area (Å²) in [6.07, 6.45) is 21.8. The summed E-state index contributed by atoms with van der Waals surface area (Å²) in [5, 5.41) is 3.63. The highest BCUT2D eigenvalue weighted by atomic mass is 14.9. The van der Waals surface area contributed by atoms with E-state index in [1.54, 1.807) is 0 Å². The third-order valence-electron chi connectivity index (χ3n) is 3.81. The van der Waals surface area contributed by atoms with Gasteiger partial charge in [-0.15, -0.1) is 12.3 Å². The summed E-state index contributed by atoms with van der Waals surface area (Å²) in [6, 6.07) is 0.725. The Kier molecular flexibility index (Phi) is 9.14. The third-order valence-corrected chi connectivity index (χ3v) is 3.81. The van der Waals surface area contributed by atoms with Crippen molar-refractivity contribution in [1.29, 1.82) is 0 Å². The molecule has 0 heterocycles. The SMILES string of the molecule is C#CCCNC1CCCCCCCCCCC1. The minimum Gasteiger partial charge on any atom is -0.313 e. The Morgan fingerprint density at radius 1 is 0.824 bits per heavy atom. The average Bonchev–Trinajstić information content (AvgIpc) is 2.32. The molecule has 0 amide bonds. The van der Waals surface area contributed by atoms with Crippen LogP contribution in [0.1, 0.15) is 77.0 Å². The van der Waals surface area contributed by atoms with Crippen LogP contribution < -0.4 is 5.32 Å². The van der Waals surface area contributed by atoms with Crippen LogP contribution >= 0.6 is 0 Å². The zero-order valence-electron chi connectivity index (χ0n) is 11.3. The first-order valence-electron chi connectivity index (χ1n) is 7.60. The van der Waals surface area contributed by atoms with E-state index in [0.717, 1.165) is 19.0 Å². The molecule has 0 radical (unpaired) electrons. The Morgan fingerprint density at radius 3 is 1.76 bits per heavy atom. The lowest BCUT2D eigenvalue weighted by Crippen LogP contribution is -2.29. The normalized spacial score (nSPS) is 21.1. The fourth-order valence-electron chi connectivity index (χ4n) is 2.72. The Labute approximate surface area is 108 Å². The quantitative estimate of drug-likeness (QED) is 0.569. The fourth-order valence-corrected chi connectivity index (χ4v) is 2.72. The van der Waals surface area contributed by atoms with Crippen LogP contribution in [0.4, 0.5) is 0 Å². The van der Waals surface area contributed by atoms with Gasteiger partial charge >= 0.3 is 0 Å². The van der Waals surface area contributed by atoms with E-state index in [9.17, 15) is 0 Å². The lowest BCUT2D eigenvalue weighted by Gasteiger charge is -2.19. The van der Waals surface area contributed by atoms with E-state index in [1.807, 2.05) is 0 Å². The minimum atomic E-state index is 0.725. The van der Waals surface area contributed by atoms with Crippen molar-refractivity contribution in [1.82, 2.24) is 5.32 Å². The van der Waals surface area contributed by atoms with Gasteiger partial charge in [0.2, 0.25) is 0 Å². The van der Waals surface area contributed by atoms with Crippen molar-refractivity contribution < 1.29 is 0 Å². The van der Waals surface area contributed by atoms with Crippen LogP contribution in [-0.4, -0.2) is 12.6 Å². The molecule has 0 aliphatic heterocycles. The maximum absolute atomic E-state index is 5.29. The van der Waals surface area contributed by atoms with Crippen LogP contribution in [-0.2, 0) is 0 Å². The number of terminal acetylenes is 1. The molecule has 1 saturated carbocycles. The van der Waals surface area contributed by atoms with Gasteiger partial charge in [-0.3, -0.25) is 0 Å². The molecule has 17 heavy (non-hydrogen) atoms. The number of hydrogen-bond donors (Lipinski definition) is 1. The fraction of sp³-hybridized carbons (Fsp3) is 0.875. The first-order valence-corrected chi connectivity index (χ1v) is 7.60. The number of rotatable bonds is 3. The highest BCUT2D eigenvalue weighted by Gasteiger charge is 2.08. The predicted molar refractivity (Wildman–Crippen MR) is 76.0 cm³/mol. The van der Waals surface area contributed by atoms with Gasteiger partial charge in [-0.2, -0.15) is 0 Å². The van der Waals surface area contributed by atoms with Gasteiger partial charge in [0.15, 0.2) is 0 Å². The first kappa shape index (κ1) is 14.6. The molecule has 0 atom stereocenters. The summed E-state index contributed by atoms with van der Waals surface area (Å²) < 4.78 is 0. The molecule has 0 spiro atoms. The van der Waals surface area contributed by atoms with Crippen LogP contribution in [0.2, 0.25) is 0 Å². The summed E-state index contributed by atoms with van der Waals surface area (Å²) in [6.45, 7) is 1.00. The van der Waals surface area contributed by atoms with Crippen LogP contribution in [0.3, 0.4) is 0 Å². The van der Waals surface area contributed by atoms with Crippen molar-refractivity contribution in [3.8, 4) is 12.3 Å². The van der Waals surface area contributed by atoms with E-state index in [-0.39, 0.29) is 0 Å². The third kappa shape index (κ3) is 8.27. The molecule has 98 valence electrons. The molecular formula is C16H29N. The monoisotopic (exact) mass is 235 g/mol. The summed E-state index contributed by atoms with van der Waals surface area (Å²) in [5.74, 6) is 2.71. The molecule has 1 heteroatoms. The Hall–Kier alpha value is -0.480. The van der Waals surface area contributed by atoms with Crippen molar-refractivity contribution >= 4 is 0 Å². The Balaban J connectivity index is 2.20. The van der Waals surface area contributed by atoms with Gasteiger partial charge < -0.3 is 5.32 Å². The second kappa shape index (κ2) is 10.7. The minimum absolute atomic E-state index is 0.725. The Morgan fingerprint density at radius 2 is 1.29 bits per heavy atom. The topological polar surface area (TPSA) is 12.0 Å². The van der Waals surface area contributed by atoms with Gasteiger partial charge in [-0.1, -0.05) is 57.8 Å². The van der Waals surface area contributed by atoms with E-state index in [4.69, 9.17) is 6.42 Å². The largest absolute Gasteiger partial charge is 0.313 e. The molecule has 1 rings (SSSR count). The molecule has 1 nitrogen and oxygen atoms in total. The molecule has 0 aromatic rings. The molecule has 1 N–H and O–H groups in total. The standard InChI is InChI=1S/C16H29N/c1-2-3-15-17-16-13-11-9-7-5-4-6-8-10-12-14-16/h1,16-17H,3-15H2. The average molecular weight is 235 g/mol. The van der Waals surface area contributed by atoms with Gasteiger partial charge in [0, 0.05) is 19.0 Å². The molecule has 1 aliphatic rings. The van der Waals surface area contributed by atoms with E-state index in [1.165, 1.54) is 70.6 Å². The first-order chi connectivity index (χ1) is 8.43. The summed E-state index contributed by atoms with van der Waals surface area (Å²) in [7, 11) is 0.